The third-order valence-electron chi connectivity index (χ3n) is 5.06. The maximum atomic E-state index is 12.7. The van der Waals surface area contributed by atoms with Crippen molar-refractivity contribution >= 4 is 17.7 Å². The van der Waals surface area contributed by atoms with E-state index >= 15 is 0 Å². The number of carbonyl (C=O) groups excluding carboxylic acids is 2. The number of carbonyl (C=O) groups is 3. The number of aliphatic carboxylic acids is 1. The van der Waals surface area contributed by atoms with Crippen LogP contribution in [-0.4, -0.2) is 35.0 Å². The number of allylic oxidation sites excluding steroid dienone is 3. The van der Waals surface area contributed by atoms with Crippen LogP contribution in [0.1, 0.15) is 30.1 Å². The largest absolute Gasteiger partial charge is 0.480 e. The van der Waals surface area contributed by atoms with Crippen LogP contribution >= 0.6 is 0 Å². The van der Waals surface area contributed by atoms with Gasteiger partial charge in [-0.15, -0.1) is 0 Å². The van der Waals surface area contributed by atoms with Crippen LogP contribution in [0, 0.1) is 11.8 Å². The number of fused-ring (bicyclic) bond motifs is 1. The van der Waals surface area contributed by atoms with Crippen molar-refractivity contribution in [3.05, 3.63) is 59.2 Å². The molecule has 3 rings (SSSR count). The van der Waals surface area contributed by atoms with Gasteiger partial charge in [0.15, 0.2) is 5.78 Å². The molecule has 136 valence electrons. The lowest BCUT2D eigenvalue weighted by Gasteiger charge is -2.20. The van der Waals surface area contributed by atoms with Crippen molar-refractivity contribution in [3.63, 3.8) is 0 Å². The first-order valence-corrected chi connectivity index (χ1v) is 8.60. The molecule has 6 heteroatoms. The molecule has 0 spiro atoms. The van der Waals surface area contributed by atoms with Crippen molar-refractivity contribution in [2.75, 3.05) is 0 Å². The molecule has 1 aromatic rings. The number of nitrogens with two attached hydrogens (primary N) is 1. The van der Waals surface area contributed by atoms with Crippen molar-refractivity contribution in [2.24, 2.45) is 17.6 Å². The van der Waals surface area contributed by atoms with Crippen LogP contribution in [0.2, 0.25) is 0 Å². The summed E-state index contributed by atoms with van der Waals surface area (Å²) in [5, 5.41) is 8.91. The predicted octanol–water partition coefficient (Wildman–Crippen LogP) is 2.11. The van der Waals surface area contributed by atoms with Crippen molar-refractivity contribution < 1.29 is 24.2 Å². The highest BCUT2D eigenvalue weighted by Gasteiger charge is 2.42. The maximum Gasteiger partial charge on any atom is 0.324 e. The second kappa shape index (κ2) is 7.25. The summed E-state index contributed by atoms with van der Waals surface area (Å²) in [7, 11) is 0. The van der Waals surface area contributed by atoms with Crippen molar-refractivity contribution in [2.45, 2.75) is 31.9 Å². The van der Waals surface area contributed by atoms with Crippen LogP contribution in [0.5, 0.6) is 0 Å². The number of rotatable bonds is 6. The smallest absolute Gasteiger partial charge is 0.324 e. The standard InChI is InChI=1S/C20H21NO5/c1-11(17(21)19(23)24)26-20(25)16-10-8-13-14(16)7-9-15(13)18(22)12-5-3-2-4-6-12/h2-7,9,11,13,16-17H,8,10,21H2,1H3,(H,23,24)/t11-,13?,16+,17+/m1/s1. The van der Waals surface area contributed by atoms with Crippen molar-refractivity contribution in [3.8, 4) is 0 Å². The van der Waals surface area contributed by atoms with E-state index in [1.165, 1.54) is 6.92 Å². The van der Waals surface area contributed by atoms with Crippen LogP contribution in [0.15, 0.2) is 53.6 Å². The first-order valence-electron chi connectivity index (χ1n) is 8.60. The number of hydrogen-bond donors (Lipinski definition) is 2. The van der Waals surface area contributed by atoms with E-state index in [1.807, 2.05) is 24.3 Å². The number of ether oxygens (including phenoxy) is 1. The molecule has 6 nitrogen and oxygen atoms in total. The Balaban J connectivity index is 1.67. The third kappa shape index (κ3) is 3.32. The van der Waals surface area contributed by atoms with Gasteiger partial charge < -0.3 is 15.6 Å². The molecule has 0 bridgehead atoms. The highest BCUT2D eigenvalue weighted by Crippen LogP contribution is 2.45. The van der Waals surface area contributed by atoms with E-state index in [0.717, 1.165) is 5.57 Å². The highest BCUT2D eigenvalue weighted by atomic mass is 16.5. The lowest BCUT2D eigenvalue weighted by molar-refractivity contribution is -0.156. The van der Waals surface area contributed by atoms with E-state index < -0.39 is 30.0 Å². The molecule has 1 unspecified atom stereocenters. The predicted molar refractivity (Wildman–Crippen MR) is 94.3 cm³/mol. The molecule has 1 aromatic carbocycles. The first kappa shape index (κ1) is 18.1. The Labute approximate surface area is 151 Å². The number of hydrogen-bond acceptors (Lipinski definition) is 5. The fraction of sp³-hybridized carbons (Fsp3) is 0.350. The number of Topliss-reactive ketones (excluding diaryl/α,β-unsaturated/α-hetero) is 1. The summed E-state index contributed by atoms with van der Waals surface area (Å²) >= 11 is 0. The normalized spacial score (nSPS) is 23.5. The van der Waals surface area contributed by atoms with Gasteiger partial charge in [0.05, 0.1) is 5.92 Å². The van der Waals surface area contributed by atoms with Crippen LogP contribution in [0.4, 0.5) is 0 Å². The zero-order valence-electron chi connectivity index (χ0n) is 14.4. The number of ketones is 1. The van der Waals surface area contributed by atoms with Crippen molar-refractivity contribution in [1.82, 2.24) is 0 Å². The summed E-state index contributed by atoms with van der Waals surface area (Å²) in [5.41, 5.74) is 7.68. The van der Waals surface area contributed by atoms with Gasteiger partial charge in [-0.25, -0.2) is 0 Å². The van der Waals surface area contributed by atoms with Crippen LogP contribution in [0.3, 0.4) is 0 Å². The first-order chi connectivity index (χ1) is 12.4. The summed E-state index contributed by atoms with van der Waals surface area (Å²) in [6, 6.07) is 7.78. The van der Waals surface area contributed by atoms with Gasteiger partial charge in [0, 0.05) is 17.1 Å². The second-order valence-electron chi connectivity index (χ2n) is 6.67. The summed E-state index contributed by atoms with van der Waals surface area (Å²) in [6.07, 6.45) is 3.95. The molecule has 3 N–H and O–H groups in total. The van der Waals surface area contributed by atoms with Gasteiger partial charge in [0.2, 0.25) is 0 Å². The van der Waals surface area contributed by atoms with Gasteiger partial charge in [0.1, 0.15) is 12.1 Å². The SMILES string of the molecule is C[C@@H](OC(=O)[C@H]1CCC2C(C(=O)c3ccccc3)=CC=C21)[C@H](N)C(=O)O. The van der Waals surface area contributed by atoms with Gasteiger partial charge >= 0.3 is 11.9 Å². The topological polar surface area (TPSA) is 107 Å². The number of esters is 1. The van der Waals surface area contributed by atoms with E-state index in [-0.39, 0.29) is 11.7 Å². The molecule has 0 amide bonds. The van der Waals surface area contributed by atoms with Gasteiger partial charge in [-0.1, -0.05) is 42.5 Å². The number of carboxylic acid groups (broad SMARTS) is 1. The molecule has 2 aliphatic carbocycles. The van der Waals surface area contributed by atoms with Crippen molar-refractivity contribution in [1.29, 1.82) is 0 Å². The van der Waals surface area contributed by atoms with E-state index in [9.17, 15) is 14.4 Å². The van der Waals surface area contributed by atoms with Crippen LogP contribution in [-0.2, 0) is 14.3 Å². The summed E-state index contributed by atoms with van der Waals surface area (Å²) in [6.45, 7) is 1.47. The van der Waals surface area contributed by atoms with E-state index in [0.29, 0.717) is 24.0 Å². The third-order valence-corrected chi connectivity index (χ3v) is 5.06. The molecule has 1 fully saturated rings. The summed E-state index contributed by atoms with van der Waals surface area (Å²) in [5.74, 6) is -2.27. The molecule has 1 saturated carbocycles. The fourth-order valence-electron chi connectivity index (χ4n) is 3.56. The average Bonchev–Trinajstić information content (AvgIpc) is 3.22. The molecule has 4 atom stereocenters. The van der Waals surface area contributed by atoms with Gasteiger partial charge in [-0.3, -0.25) is 14.4 Å². The Morgan fingerprint density at radius 2 is 1.85 bits per heavy atom. The molecule has 0 aliphatic heterocycles. The minimum absolute atomic E-state index is 0.0304. The Morgan fingerprint density at radius 3 is 2.50 bits per heavy atom. The van der Waals surface area contributed by atoms with Gasteiger partial charge in [0.25, 0.3) is 0 Å². The Morgan fingerprint density at radius 1 is 1.15 bits per heavy atom. The molecule has 0 aromatic heterocycles. The molecule has 0 radical (unpaired) electrons. The van der Waals surface area contributed by atoms with Gasteiger partial charge in [-0.05, 0) is 25.3 Å². The highest BCUT2D eigenvalue weighted by molar-refractivity contribution is 6.10. The van der Waals surface area contributed by atoms with E-state index in [4.69, 9.17) is 15.6 Å². The Bertz CT molecular complexity index is 796. The molecular weight excluding hydrogens is 334 g/mol. The minimum Gasteiger partial charge on any atom is -0.480 e. The van der Waals surface area contributed by atoms with Gasteiger partial charge in [-0.2, -0.15) is 0 Å². The van der Waals surface area contributed by atoms with E-state index in [1.54, 1.807) is 18.2 Å². The van der Waals surface area contributed by atoms with E-state index in [2.05, 4.69) is 0 Å². The molecule has 2 aliphatic rings. The Hall–Kier alpha value is -2.73. The maximum absolute atomic E-state index is 12.7. The monoisotopic (exact) mass is 355 g/mol. The summed E-state index contributed by atoms with van der Waals surface area (Å²) in [4.78, 5) is 36.1. The van der Waals surface area contributed by atoms with Crippen LogP contribution < -0.4 is 5.73 Å². The van der Waals surface area contributed by atoms with Crippen LogP contribution in [0.25, 0.3) is 0 Å². The summed E-state index contributed by atoms with van der Waals surface area (Å²) < 4.78 is 5.25. The minimum atomic E-state index is -1.26. The molecule has 0 heterocycles. The number of carboxylic acids is 1. The average molecular weight is 355 g/mol. The molecular formula is C20H21NO5. The fourth-order valence-corrected chi connectivity index (χ4v) is 3.56. The zero-order valence-corrected chi connectivity index (χ0v) is 14.4. The molecule has 26 heavy (non-hydrogen) atoms. The zero-order chi connectivity index (χ0) is 18.8. The number of benzene rings is 1. The molecule has 0 saturated heterocycles. The lowest BCUT2D eigenvalue weighted by Crippen LogP contribution is -2.43. The Kier molecular flexibility index (Phi) is 5.04. The second-order valence-corrected chi connectivity index (χ2v) is 6.67. The lowest BCUT2D eigenvalue weighted by atomic mass is 9.90. The quantitative estimate of drug-likeness (QED) is 0.598.